The summed E-state index contributed by atoms with van der Waals surface area (Å²) in [5, 5.41) is 11.4. The molecule has 0 aliphatic carbocycles. The number of aromatic amines is 1. The molecule has 18 heavy (non-hydrogen) atoms. The molecule has 0 fully saturated rings. The van der Waals surface area contributed by atoms with Crippen LogP contribution in [0.4, 0.5) is 15.9 Å². The first-order chi connectivity index (χ1) is 8.58. The molecule has 1 aromatic heterocycles. The summed E-state index contributed by atoms with van der Waals surface area (Å²) in [6, 6.07) is 7.13. The van der Waals surface area contributed by atoms with E-state index in [0.29, 0.717) is 5.69 Å². The summed E-state index contributed by atoms with van der Waals surface area (Å²) in [5.74, 6) is -0.364. The number of nitriles is 1. The van der Waals surface area contributed by atoms with Crippen LogP contribution in [0.5, 0.6) is 0 Å². The molecule has 0 amide bonds. The molecule has 0 saturated heterocycles. The number of aromatic nitrogens is 2. The molecule has 0 atom stereocenters. The van der Waals surface area contributed by atoms with E-state index in [1.54, 1.807) is 6.07 Å². The molecular formula is C11H6ClFN4O. The average Bonchev–Trinajstić information content (AvgIpc) is 2.33. The molecule has 2 rings (SSSR count). The molecule has 1 heterocycles. The van der Waals surface area contributed by atoms with Gasteiger partial charge < -0.3 is 5.32 Å². The summed E-state index contributed by atoms with van der Waals surface area (Å²) < 4.78 is 12.9. The van der Waals surface area contributed by atoms with Gasteiger partial charge in [-0.05, 0) is 18.2 Å². The van der Waals surface area contributed by atoms with Crippen molar-refractivity contribution in [3.63, 3.8) is 0 Å². The van der Waals surface area contributed by atoms with Crippen molar-refractivity contribution >= 4 is 23.1 Å². The van der Waals surface area contributed by atoms with Crippen LogP contribution in [-0.2, 0) is 0 Å². The Labute approximate surface area is 106 Å². The van der Waals surface area contributed by atoms with E-state index >= 15 is 0 Å². The van der Waals surface area contributed by atoms with E-state index in [-0.39, 0.29) is 16.5 Å². The third-order valence-corrected chi connectivity index (χ3v) is 2.35. The highest BCUT2D eigenvalue weighted by Crippen LogP contribution is 2.21. The molecular weight excluding hydrogens is 259 g/mol. The van der Waals surface area contributed by atoms with E-state index in [0.717, 1.165) is 0 Å². The maximum atomic E-state index is 12.9. The Morgan fingerprint density at radius 1 is 1.44 bits per heavy atom. The van der Waals surface area contributed by atoms with Crippen molar-refractivity contribution in [2.75, 3.05) is 5.32 Å². The SMILES string of the molecule is N#Cc1cc(Nc2ccc(F)c(Cl)c2)nc(=O)[nH]1. The van der Waals surface area contributed by atoms with Crippen molar-refractivity contribution in [2.24, 2.45) is 0 Å². The summed E-state index contributed by atoms with van der Waals surface area (Å²) in [5.41, 5.74) is -0.112. The zero-order chi connectivity index (χ0) is 13.1. The molecule has 0 radical (unpaired) electrons. The molecule has 2 N–H and O–H groups in total. The quantitative estimate of drug-likeness (QED) is 0.871. The molecule has 5 nitrogen and oxygen atoms in total. The standard InChI is InChI=1S/C11H6ClFN4O/c12-8-3-6(1-2-9(8)13)15-10-4-7(5-14)16-11(18)17-10/h1-4H,(H2,15,16,17,18). The van der Waals surface area contributed by atoms with Gasteiger partial charge in [0.05, 0.1) is 5.02 Å². The second-order valence-corrected chi connectivity index (χ2v) is 3.76. The van der Waals surface area contributed by atoms with Gasteiger partial charge in [0.25, 0.3) is 0 Å². The van der Waals surface area contributed by atoms with Crippen LogP contribution in [-0.4, -0.2) is 9.97 Å². The largest absolute Gasteiger partial charge is 0.347 e. The second-order valence-electron chi connectivity index (χ2n) is 3.35. The molecule has 0 aliphatic heterocycles. The van der Waals surface area contributed by atoms with Gasteiger partial charge in [-0.2, -0.15) is 10.2 Å². The minimum Gasteiger partial charge on any atom is -0.340 e. The second kappa shape index (κ2) is 4.85. The lowest BCUT2D eigenvalue weighted by Crippen LogP contribution is -2.13. The maximum absolute atomic E-state index is 12.9. The zero-order valence-corrected chi connectivity index (χ0v) is 9.62. The predicted molar refractivity (Wildman–Crippen MR) is 64.3 cm³/mol. The molecule has 0 spiro atoms. The van der Waals surface area contributed by atoms with Gasteiger partial charge in [0, 0.05) is 11.8 Å². The van der Waals surface area contributed by atoms with Crippen molar-refractivity contribution in [3.8, 4) is 6.07 Å². The predicted octanol–water partition coefficient (Wildman–Crippen LogP) is 2.18. The van der Waals surface area contributed by atoms with Crippen LogP contribution in [0.2, 0.25) is 5.02 Å². The summed E-state index contributed by atoms with van der Waals surface area (Å²) in [6.45, 7) is 0. The van der Waals surface area contributed by atoms with Crippen LogP contribution in [0.3, 0.4) is 0 Å². The minimum atomic E-state index is -0.648. The number of halogens is 2. The fourth-order valence-corrected chi connectivity index (χ4v) is 1.48. The van der Waals surface area contributed by atoms with Gasteiger partial charge in [-0.3, -0.25) is 4.98 Å². The maximum Gasteiger partial charge on any atom is 0.347 e. The fraction of sp³-hybridized carbons (Fsp3) is 0. The monoisotopic (exact) mass is 264 g/mol. The zero-order valence-electron chi connectivity index (χ0n) is 8.87. The van der Waals surface area contributed by atoms with Gasteiger partial charge >= 0.3 is 5.69 Å². The summed E-state index contributed by atoms with van der Waals surface area (Å²) in [7, 11) is 0. The Morgan fingerprint density at radius 3 is 2.89 bits per heavy atom. The number of rotatable bonds is 2. The lowest BCUT2D eigenvalue weighted by molar-refractivity contribution is 0.628. The Bertz CT molecular complexity index is 692. The van der Waals surface area contributed by atoms with Gasteiger partial charge in [-0.25, -0.2) is 9.18 Å². The van der Waals surface area contributed by atoms with Gasteiger partial charge in [-0.1, -0.05) is 11.6 Å². The molecule has 2 aromatic rings. The van der Waals surface area contributed by atoms with Crippen molar-refractivity contribution in [3.05, 3.63) is 51.3 Å². The van der Waals surface area contributed by atoms with Crippen molar-refractivity contribution in [2.45, 2.75) is 0 Å². The van der Waals surface area contributed by atoms with Gasteiger partial charge in [0.15, 0.2) is 0 Å². The third kappa shape index (κ3) is 2.64. The lowest BCUT2D eigenvalue weighted by Gasteiger charge is -2.05. The molecule has 90 valence electrons. The Kier molecular flexibility index (Phi) is 3.26. The lowest BCUT2D eigenvalue weighted by atomic mass is 10.3. The van der Waals surface area contributed by atoms with E-state index in [1.165, 1.54) is 24.3 Å². The van der Waals surface area contributed by atoms with Gasteiger partial charge in [0.2, 0.25) is 0 Å². The molecule has 7 heteroatoms. The summed E-state index contributed by atoms with van der Waals surface area (Å²) in [6.07, 6.45) is 0. The number of nitrogens with one attached hydrogen (secondary N) is 2. The number of anilines is 2. The highest BCUT2D eigenvalue weighted by atomic mass is 35.5. The number of nitrogens with zero attached hydrogens (tertiary/aromatic N) is 2. The Hall–Kier alpha value is -2.39. The number of hydrogen-bond donors (Lipinski definition) is 2. The minimum absolute atomic E-state index is 0.0506. The topological polar surface area (TPSA) is 81.6 Å². The highest BCUT2D eigenvalue weighted by Gasteiger charge is 2.04. The van der Waals surface area contributed by atoms with E-state index < -0.39 is 11.5 Å². The van der Waals surface area contributed by atoms with Crippen LogP contribution in [0.15, 0.2) is 29.1 Å². The highest BCUT2D eigenvalue weighted by molar-refractivity contribution is 6.31. The van der Waals surface area contributed by atoms with Crippen LogP contribution in [0, 0.1) is 17.1 Å². The van der Waals surface area contributed by atoms with E-state index in [1.807, 2.05) is 0 Å². The molecule has 0 bridgehead atoms. The normalized spacial score (nSPS) is 9.83. The Balaban J connectivity index is 2.34. The summed E-state index contributed by atoms with van der Waals surface area (Å²) in [4.78, 5) is 17.0. The smallest absolute Gasteiger partial charge is 0.340 e. The Morgan fingerprint density at radius 2 is 2.22 bits per heavy atom. The van der Waals surface area contributed by atoms with Crippen molar-refractivity contribution < 1.29 is 4.39 Å². The van der Waals surface area contributed by atoms with Crippen molar-refractivity contribution in [1.29, 1.82) is 5.26 Å². The van der Waals surface area contributed by atoms with E-state index in [9.17, 15) is 9.18 Å². The first kappa shape index (κ1) is 12.1. The first-order valence-corrected chi connectivity index (χ1v) is 5.20. The molecule has 0 saturated carbocycles. The van der Waals surface area contributed by atoms with E-state index in [4.69, 9.17) is 16.9 Å². The van der Waals surface area contributed by atoms with Crippen LogP contribution in [0.25, 0.3) is 0 Å². The molecule has 1 aromatic carbocycles. The van der Waals surface area contributed by atoms with Crippen LogP contribution < -0.4 is 11.0 Å². The third-order valence-electron chi connectivity index (χ3n) is 2.06. The van der Waals surface area contributed by atoms with Gasteiger partial charge in [0.1, 0.15) is 23.4 Å². The fourth-order valence-electron chi connectivity index (χ4n) is 1.30. The average molecular weight is 265 g/mol. The van der Waals surface area contributed by atoms with Gasteiger partial charge in [-0.15, -0.1) is 0 Å². The number of hydrogen-bond acceptors (Lipinski definition) is 4. The molecule has 0 unspecified atom stereocenters. The van der Waals surface area contributed by atoms with Crippen LogP contribution in [0.1, 0.15) is 5.69 Å². The van der Waals surface area contributed by atoms with Crippen LogP contribution >= 0.6 is 11.6 Å². The summed E-state index contributed by atoms with van der Waals surface area (Å²) >= 11 is 5.61. The number of H-pyrrole nitrogens is 1. The van der Waals surface area contributed by atoms with E-state index in [2.05, 4.69) is 15.3 Å². The first-order valence-electron chi connectivity index (χ1n) is 4.82. The van der Waals surface area contributed by atoms with Crippen molar-refractivity contribution in [1.82, 2.24) is 9.97 Å². The molecule has 0 aliphatic rings. The number of benzene rings is 1.